The number of nitrogens with zero attached hydrogens (tertiary/aromatic N) is 1. The highest BCUT2D eigenvalue weighted by atomic mass is 35.5. The molecule has 26 heavy (non-hydrogen) atoms. The quantitative estimate of drug-likeness (QED) is 0.498. The van der Waals surface area contributed by atoms with Crippen LogP contribution in [0.2, 0.25) is 5.02 Å². The van der Waals surface area contributed by atoms with Crippen molar-refractivity contribution in [1.29, 1.82) is 0 Å². The van der Waals surface area contributed by atoms with Crippen LogP contribution in [0, 0.1) is 0 Å². The third-order valence-electron chi connectivity index (χ3n) is 4.04. The van der Waals surface area contributed by atoms with Gasteiger partial charge in [-0.25, -0.2) is 5.43 Å². The number of rotatable bonds is 5. The number of nitrogens with one attached hydrogen (secondary N) is 1. The van der Waals surface area contributed by atoms with Crippen LogP contribution >= 0.6 is 11.6 Å². The summed E-state index contributed by atoms with van der Waals surface area (Å²) < 4.78 is 0. The Labute approximate surface area is 158 Å². The van der Waals surface area contributed by atoms with Crippen molar-refractivity contribution < 1.29 is 4.79 Å². The van der Waals surface area contributed by atoms with E-state index in [9.17, 15) is 4.79 Å². The third-order valence-corrected chi connectivity index (χ3v) is 4.29. The van der Waals surface area contributed by atoms with E-state index in [0.29, 0.717) is 5.02 Å². The van der Waals surface area contributed by atoms with Gasteiger partial charge < -0.3 is 0 Å². The first-order valence-electron chi connectivity index (χ1n) is 8.35. The van der Waals surface area contributed by atoms with Crippen molar-refractivity contribution in [3.63, 3.8) is 0 Å². The molecule has 0 fully saturated rings. The molecule has 0 bridgehead atoms. The fourth-order valence-corrected chi connectivity index (χ4v) is 2.70. The maximum Gasteiger partial charge on any atom is 0.244 e. The van der Waals surface area contributed by atoms with Crippen LogP contribution in [0.1, 0.15) is 18.1 Å². The summed E-state index contributed by atoms with van der Waals surface area (Å²) in [6.07, 6.45) is 0.265. The Kier molecular flexibility index (Phi) is 5.82. The summed E-state index contributed by atoms with van der Waals surface area (Å²) in [4.78, 5) is 12.0. The SMILES string of the molecule is CC(=NNC(=O)Cc1ccc(Cl)cc1)c1ccc(-c2ccccc2)cc1. The van der Waals surface area contributed by atoms with Gasteiger partial charge in [-0.3, -0.25) is 4.79 Å². The zero-order valence-corrected chi connectivity index (χ0v) is 15.2. The largest absolute Gasteiger partial charge is 0.273 e. The minimum atomic E-state index is -0.160. The van der Waals surface area contributed by atoms with Gasteiger partial charge in [0.05, 0.1) is 12.1 Å². The second-order valence-corrected chi connectivity index (χ2v) is 6.42. The molecule has 130 valence electrons. The van der Waals surface area contributed by atoms with E-state index < -0.39 is 0 Å². The highest BCUT2D eigenvalue weighted by Crippen LogP contribution is 2.19. The number of hydrogen-bond donors (Lipinski definition) is 1. The van der Waals surface area contributed by atoms with Gasteiger partial charge >= 0.3 is 0 Å². The monoisotopic (exact) mass is 362 g/mol. The molecule has 3 nitrogen and oxygen atoms in total. The van der Waals surface area contributed by atoms with E-state index in [1.807, 2.05) is 49.4 Å². The van der Waals surface area contributed by atoms with E-state index in [1.165, 1.54) is 5.56 Å². The van der Waals surface area contributed by atoms with Crippen LogP contribution in [0.5, 0.6) is 0 Å². The van der Waals surface area contributed by atoms with Crippen LogP contribution in [0.4, 0.5) is 0 Å². The molecule has 1 N–H and O–H groups in total. The molecule has 0 saturated carbocycles. The molecule has 0 aliphatic rings. The van der Waals surface area contributed by atoms with E-state index in [0.717, 1.165) is 22.4 Å². The molecule has 0 aromatic heterocycles. The predicted molar refractivity (Wildman–Crippen MR) is 107 cm³/mol. The first-order valence-corrected chi connectivity index (χ1v) is 8.73. The lowest BCUT2D eigenvalue weighted by atomic mass is 10.0. The van der Waals surface area contributed by atoms with Crippen molar-refractivity contribution in [2.75, 3.05) is 0 Å². The molecule has 3 rings (SSSR count). The number of hydrazone groups is 1. The standard InChI is InChI=1S/C22H19ClN2O/c1-16(24-25-22(26)15-17-7-13-21(23)14-8-17)18-9-11-20(12-10-18)19-5-3-2-4-6-19/h2-14H,15H2,1H3,(H,25,26). The van der Waals surface area contributed by atoms with Gasteiger partial charge in [-0.05, 0) is 41.3 Å². The van der Waals surface area contributed by atoms with Gasteiger partial charge in [-0.15, -0.1) is 0 Å². The molecule has 0 atom stereocenters. The molecule has 0 saturated heterocycles. The fraction of sp³-hybridized carbons (Fsp3) is 0.0909. The molecular formula is C22H19ClN2O. The van der Waals surface area contributed by atoms with Crippen LogP contribution in [0.3, 0.4) is 0 Å². The van der Waals surface area contributed by atoms with Gasteiger partial charge in [0.25, 0.3) is 0 Å². The highest BCUT2D eigenvalue weighted by molar-refractivity contribution is 6.30. The Hall–Kier alpha value is -2.91. The van der Waals surface area contributed by atoms with E-state index >= 15 is 0 Å². The molecule has 3 aromatic rings. The minimum absolute atomic E-state index is 0.160. The van der Waals surface area contributed by atoms with Gasteiger partial charge in [0.15, 0.2) is 0 Å². The first kappa shape index (κ1) is 17.9. The molecular weight excluding hydrogens is 344 g/mol. The average molecular weight is 363 g/mol. The first-order chi connectivity index (χ1) is 12.6. The lowest BCUT2D eigenvalue weighted by Crippen LogP contribution is -2.21. The van der Waals surface area contributed by atoms with Crippen molar-refractivity contribution in [2.45, 2.75) is 13.3 Å². The Balaban J connectivity index is 1.62. The topological polar surface area (TPSA) is 41.5 Å². The van der Waals surface area contributed by atoms with E-state index in [-0.39, 0.29) is 12.3 Å². The summed E-state index contributed by atoms with van der Waals surface area (Å²) in [5.74, 6) is -0.160. The lowest BCUT2D eigenvalue weighted by Gasteiger charge is -2.05. The fourth-order valence-electron chi connectivity index (χ4n) is 2.57. The maximum atomic E-state index is 12.0. The molecule has 0 radical (unpaired) electrons. The smallest absolute Gasteiger partial charge is 0.244 e. The van der Waals surface area contributed by atoms with Crippen LogP contribution < -0.4 is 5.43 Å². The van der Waals surface area contributed by atoms with Gasteiger partial charge in [0, 0.05) is 5.02 Å². The lowest BCUT2D eigenvalue weighted by molar-refractivity contribution is -0.120. The Morgan fingerprint density at radius 3 is 2.15 bits per heavy atom. The van der Waals surface area contributed by atoms with Crippen molar-refractivity contribution >= 4 is 23.2 Å². The van der Waals surface area contributed by atoms with Crippen molar-refractivity contribution in [3.05, 3.63) is 95.0 Å². The van der Waals surface area contributed by atoms with Crippen molar-refractivity contribution in [3.8, 4) is 11.1 Å². The predicted octanol–water partition coefficient (Wildman–Crippen LogP) is 5.09. The number of benzene rings is 3. The van der Waals surface area contributed by atoms with Crippen LogP contribution in [-0.2, 0) is 11.2 Å². The normalized spacial score (nSPS) is 11.2. The zero-order valence-electron chi connectivity index (χ0n) is 14.4. The van der Waals surface area contributed by atoms with Gasteiger partial charge in [0.2, 0.25) is 5.91 Å². The van der Waals surface area contributed by atoms with Crippen LogP contribution in [-0.4, -0.2) is 11.6 Å². The molecule has 0 heterocycles. The summed E-state index contributed by atoms with van der Waals surface area (Å²) in [5.41, 5.74) is 7.55. The number of carbonyl (C=O) groups is 1. The van der Waals surface area contributed by atoms with E-state index in [1.54, 1.807) is 12.1 Å². The molecule has 3 aromatic carbocycles. The third kappa shape index (κ3) is 4.80. The van der Waals surface area contributed by atoms with Crippen molar-refractivity contribution in [2.24, 2.45) is 5.10 Å². The Bertz CT molecular complexity index is 901. The maximum absolute atomic E-state index is 12.0. The molecule has 0 aliphatic heterocycles. The van der Waals surface area contributed by atoms with Gasteiger partial charge in [-0.1, -0.05) is 78.3 Å². The summed E-state index contributed by atoms with van der Waals surface area (Å²) in [6, 6.07) is 25.5. The van der Waals surface area contributed by atoms with Crippen LogP contribution in [0.15, 0.2) is 84.0 Å². The number of amides is 1. The summed E-state index contributed by atoms with van der Waals surface area (Å²) in [7, 11) is 0. The summed E-state index contributed by atoms with van der Waals surface area (Å²) in [5, 5.41) is 4.86. The van der Waals surface area contributed by atoms with Gasteiger partial charge in [0.1, 0.15) is 0 Å². The molecule has 0 unspecified atom stereocenters. The Morgan fingerprint density at radius 1 is 0.885 bits per heavy atom. The number of hydrogen-bond acceptors (Lipinski definition) is 2. The molecule has 4 heteroatoms. The molecule has 0 spiro atoms. The summed E-state index contributed by atoms with van der Waals surface area (Å²) in [6.45, 7) is 1.88. The van der Waals surface area contributed by atoms with Gasteiger partial charge in [-0.2, -0.15) is 5.10 Å². The van der Waals surface area contributed by atoms with Crippen molar-refractivity contribution in [1.82, 2.24) is 5.43 Å². The second kappa shape index (κ2) is 8.45. The second-order valence-electron chi connectivity index (χ2n) is 5.98. The number of carbonyl (C=O) groups excluding carboxylic acids is 1. The zero-order chi connectivity index (χ0) is 18.4. The minimum Gasteiger partial charge on any atom is -0.273 e. The number of halogens is 1. The molecule has 0 aliphatic carbocycles. The van der Waals surface area contributed by atoms with Crippen LogP contribution in [0.25, 0.3) is 11.1 Å². The highest BCUT2D eigenvalue weighted by Gasteiger charge is 2.04. The summed E-state index contributed by atoms with van der Waals surface area (Å²) >= 11 is 5.85. The molecule has 1 amide bonds. The van der Waals surface area contributed by atoms with E-state index in [4.69, 9.17) is 11.6 Å². The average Bonchev–Trinajstić information content (AvgIpc) is 2.69. The van der Waals surface area contributed by atoms with E-state index in [2.05, 4.69) is 34.8 Å². The Morgan fingerprint density at radius 2 is 1.50 bits per heavy atom.